The first-order valence-electron chi connectivity index (χ1n) is 4.93. The van der Waals surface area contributed by atoms with Gasteiger partial charge >= 0.3 is 5.97 Å². The number of carboxylic acids is 1. The Labute approximate surface area is 94.7 Å². The number of hydrogen-bond donors (Lipinski definition) is 1. The van der Waals surface area contributed by atoms with Gasteiger partial charge in [0.25, 0.3) is 0 Å². The molecule has 1 aromatic rings. The van der Waals surface area contributed by atoms with Crippen LogP contribution in [-0.2, 0) is 4.79 Å². The molecule has 0 spiro atoms. The summed E-state index contributed by atoms with van der Waals surface area (Å²) < 4.78 is 0. The maximum absolute atomic E-state index is 10.9. The lowest BCUT2D eigenvalue weighted by atomic mass is 9.91. The van der Waals surface area contributed by atoms with E-state index in [0.717, 1.165) is 5.75 Å². The Hall–Kier alpha value is -0.960. The molecule has 0 atom stereocenters. The number of carbonyl (C=O) groups is 1. The third kappa shape index (κ3) is 3.96. The standard InChI is InChI=1S/C12H16O2S/c1-12(2,11(13)14)8-9-15-10-6-4-3-5-7-10/h3-7H,8-9H2,1-2H3,(H,13,14). The molecule has 0 saturated heterocycles. The van der Waals surface area contributed by atoms with Gasteiger partial charge in [0.15, 0.2) is 0 Å². The van der Waals surface area contributed by atoms with Gasteiger partial charge in [-0.25, -0.2) is 0 Å². The van der Waals surface area contributed by atoms with Crippen molar-refractivity contribution in [3.05, 3.63) is 30.3 Å². The summed E-state index contributed by atoms with van der Waals surface area (Å²) >= 11 is 1.70. The molecular weight excluding hydrogens is 208 g/mol. The normalized spacial score (nSPS) is 11.3. The van der Waals surface area contributed by atoms with E-state index < -0.39 is 11.4 Å². The predicted octanol–water partition coefficient (Wildman–Crippen LogP) is 3.28. The summed E-state index contributed by atoms with van der Waals surface area (Å²) in [6, 6.07) is 10.0. The number of thioether (sulfide) groups is 1. The smallest absolute Gasteiger partial charge is 0.309 e. The summed E-state index contributed by atoms with van der Waals surface area (Å²) in [5.41, 5.74) is -0.623. The molecule has 0 aliphatic carbocycles. The van der Waals surface area contributed by atoms with Crippen molar-refractivity contribution < 1.29 is 9.90 Å². The molecule has 0 amide bonds. The minimum Gasteiger partial charge on any atom is -0.481 e. The SMILES string of the molecule is CC(C)(CCSc1ccccc1)C(=O)O. The first-order valence-corrected chi connectivity index (χ1v) is 5.92. The van der Waals surface area contributed by atoms with Gasteiger partial charge in [0.1, 0.15) is 0 Å². The number of rotatable bonds is 5. The lowest BCUT2D eigenvalue weighted by Gasteiger charge is -2.18. The fourth-order valence-corrected chi connectivity index (χ4v) is 2.25. The average molecular weight is 224 g/mol. The number of benzene rings is 1. The van der Waals surface area contributed by atoms with Gasteiger partial charge in [-0.05, 0) is 38.2 Å². The van der Waals surface area contributed by atoms with Gasteiger partial charge in [0.05, 0.1) is 5.41 Å². The van der Waals surface area contributed by atoms with Gasteiger partial charge in [-0.1, -0.05) is 18.2 Å². The van der Waals surface area contributed by atoms with E-state index in [1.54, 1.807) is 25.6 Å². The van der Waals surface area contributed by atoms with Crippen molar-refractivity contribution in [2.75, 3.05) is 5.75 Å². The minimum atomic E-state index is -0.726. The average Bonchev–Trinajstić information content (AvgIpc) is 2.19. The molecule has 1 aromatic carbocycles. The highest BCUT2D eigenvalue weighted by atomic mass is 32.2. The quantitative estimate of drug-likeness (QED) is 0.780. The molecule has 1 N–H and O–H groups in total. The van der Waals surface area contributed by atoms with Crippen molar-refractivity contribution in [1.82, 2.24) is 0 Å². The summed E-state index contributed by atoms with van der Waals surface area (Å²) in [6.45, 7) is 3.53. The van der Waals surface area contributed by atoms with Gasteiger partial charge in [-0.2, -0.15) is 0 Å². The van der Waals surface area contributed by atoms with E-state index in [9.17, 15) is 4.79 Å². The van der Waals surface area contributed by atoms with Crippen molar-refractivity contribution in [2.24, 2.45) is 5.41 Å². The zero-order valence-corrected chi connectivity index (χ0v) is 9.88. The molecule has 0 radical (unpaired) electrons. The minimum absolute atomic E-state index is 0.623. The molecule has 0 bridgehead atoms. The van der Waals surface area contributed by atoms with Crippen molar-refractivity contribution in [2.45, 2.75) is 25.2 Å². The predicted molar refractivity (Wildman–Crippen MR) is 63.2 cm³/mol. The summed E-state index contributed by atoms with van der Waals surface area (Å²) in [6.07, 6.45) is 0.682. The third-order valence-corrected chi connectivity index (χ3v) is 3.33. The highest BCUT2D eigenvalue weighted by molar-refractivity contribution is 7.99. The third-order valence-electron chi connectivity index (χ3n) is 2.32. The number of aliphatic carboxylic acids is 1. The van der Waals surface area contributed by atoms with E-state index in [-0.39, 0.29) is 0 Å². The molecule has 3 heteroatoms. The first kappa shape index (κ1) is 12.1. The van der Waals surface area contributed by atoms with Crippen LogP contribution in [0.1, 0.15) is 20.3 Å². The largest absolute Gasteiger partial charge is 0.481 e. The van der Waals surface area contributed by atoms with Crippen LogP contribution in [0.3, 0.4) is 0 Å². The Bertz CT molecular complexity index is 320. The van der Waals surface area contributed by atoms with E-state index in [2.05, 4.69) is 0 Å². The lowest BCUT2D eigenvalue weighted by Crippen LogP contribution is -2.24. The van der Waals surface area contributed by atoms with E-state index in [1.807, 2.05) is 30.3 Å². The second-order valence-corrected chi connectivity index (χ2v) is 5.27. The van der Waals surface area contributed by atoms with Crippen LogP contribution in [0.2, 0.25) is 0 Å². The fraction of sp³-hybridized carbons (Fsp3) is 0.417. The topological polar surface area (TPSA) is 37.3 Å². The molecule has 15 heavy (non-hydrogen) atoms. The molecular formula is C12H16O2S. The van der Waals surface area contributed by atoms with Crippen LogP contribution in [0, 0.1) is 5.41 Å². The van der Waals surface area contributed by atoms with Crippen LogP contribution >= 0.6 is 11.8 Å². The Morgan fingerprint density at radius 3 is 2.47 bits per heavy atom. The van der Waals surface area contributed by atoms with Gasteiger partial charge in [0.2, 0.25) is 0 Å². The van der Waals surface area contributed by atoms with Gasteiger partial charge in [-0.3, -0.25) is 4.79 Å². The van der Waals surface area contributed by atoms with Crippen molar-refractivity contribution >= 4 is 17.7 Å². The Balaban J connectivity index is 2.37. The first-order chi connectivity index (χ1) is 7.02. The molecule has 0 unspecified atom stereocenters. The zero-order chi connectivity index (χ0) is 11.3. The number of hydrogen-bond acceptors (Lipinski definition) is 2. The molecule has 1 rings (SSSR count). The van der Waals surface area contributed by atoms with Crippen LogP contribution in [0.25, 0.3) is 0 Å². The monoisotopic (exact) mass is 224 g/mol. The van der Waals surface area contributed by atoms with Crippen molar-refractivity contribution in [1.29, 1.82) is 0 Å². The highest BCUT2D eigenvalue weighted by Crippen LogP contribution is 2.26. The molecule has 0 saturated carbocycles. The summed E-state index contributed by atoms with van der Waals surface area (Å²) in [4.78, 5) is 12.0. The van der Waals surface area contributed by atoms with Gasteiger partial charge in [-0.15, -0.1) is 11.8 Å². The Kier molecular flexibility index (Phi) is 4.21. The van der Waals surface area contributed by atoms with Gasteiger partial charge in [0, 0.05) is 4.90 Å². The second-order valence-electron chi connectivity index (χ2n) is 4.10. The van der Waals surface area contributed by atoms with Crippen LogP contribution in [0.5, 0.6) is 0 Å². The Morgan fingerprint density at radius 2 is 1.93 bits per heavy atom. The van der Waals surface area contributed by atoms with E-state index in [4.69, 9.17) is 5.11 Å². The van der Waals surface area contributed by atoms with Crippen molar-refractivity contribution in [3.8, 4) is 0 Å². The molecule has 82 valence electrons. The van der Waals surface area contributed by atoms with Crippen LogP contribution in [-0.4, -0.2) is 16.8 Å². The Morgan fingerprint density at radius 1 is 1.33 bits per heavy atom. The lowest BCUT2D eigenvalue weighted by molar-refractivity contribution is -0.146. The molecule has 0 aliphatic rings. The molecule has 0 heterocycles. The summed E-state index contributed by atoms with van der Waals surface area (Å²) in [5, 5.41) is 8.93. The summed E-state index contributed by atoms with van der Waals surface area (Å²) in [7, 11) is 0. The fourth-order valence-electron chi connectivity index (χ4n) is 1.05. The molecule has 2 nitrogen and oxygen atoms in total. The summed E-state index contributed by atoms with van der Waals surface area (Å²) in [5.74, 6) is 0.111. The maximum atomic E-state index is 10.9. The van der Waals surface area contributed by atoms with Gasteiger partial charge < -0.3 is 5.11 Å². The van der Waals surface area contributed by atoms with E-state index in [1.165, 1.54) is 4.90 Å². The zero-order valence-electron chi connectivity index (χ0n) is 9.06. The van der Waals surface area contributed by atoms with E-state index in [0.29, 0.717) is 6.42 Å². The molecule has 0 aliphatic heterocycles. The number of carboxylic acid groups (broad SMARTS) is 1. The second kappa shape index (κ2) is 5.21. The molecule has 0 aromatic heterocycles. The molecule has 0 fully saturated rings. The van der Waals surface area contributed by atoms with Crippen LogP contribution in [0.15, 0.2) is 35.2 Å². The highest BCUT2D eigenvalue weighted by Gasteiger charge is 2.26. The van der Waals surface area contributed by atoms with Crippen molar-refractivity contribution in [3.63, 3.8) is 0 Å². The maximum Gasteiger partial charge on any atom is 0.309 e. The van der Waals surface area contributed by atoms with Crippen LogP contribution in [0.4, 0.5) is 0 Å². The van der Waals surface area contributed by atoms with E-state index >= 15 is 0 Å². The van der Waals surface area contributed by atoms with Crippen LogP contribution < -0.4 is 0 Å².